The van der Waals surface area contributed by atoms with Gasteiger partial charge in [-0.2, -0.15) is 0 Å². The summed E-state index contributed by atoms with van der Waals surface area (Å²) in [6.45, 7) is 1.80. The molecule has 0 saturated carbocycles. The van der Waals surface area contributed by atoms with E-state index in [-0.39, 0.29) is 5.79 Å². The molecule has 0 saturated heterocycles. The van der Waals surface area contributed by atoms with Crippen molar-refractivity contribution in [2.45, 2.75) is 6.92 Å². The van der Waals surface area contributed by atoms with Crippen LogP contribution < -0.4 is 5.79 Å². The molecule has 0 aliphatic rings. The molecule has 7 heavy (non-hydrogen) atoms. The van der Waals surface area contributed by atoms with Gasteiger partial charge in [0.2, 0.25) is 0 Å². The molecular weight excluding hydrogens is 88.9 g/mol. The zero-order valence-electron chi connectivity index (χ0n) is 4.01. The average Bonchev–Trinajstić information content (AvgIpc) is 1.87. The molecular formula is C4H4BNO. The average molecular weight is 92.9 g/mol. The first-order valence-electron chi connectivity index (χ1n) is 1.97. The molecule has 0 N–H and O–H groups in total. The molecule has 0 spiro atoms. The van der Waals surface area contributed by atoms with Crippen LogP contribution >= 0.6 is 0 Å². The largest absolute Gasteiger partial charge is 0.458 e. The third kappa shape index (κ3) is 0.826. The molecule has 0 fully saturated rings. The monoisotopic (exact) mass is 93.0 g/mol. The van der Waals surface area contributed by atoms with Crippen molar-refractivity contribution in [3.05, 3.63) is 12.0 Å². The fourth-order valence-corrected chi connectivity index (χ4v) is 0.372. The van der Waals surface area contributed by atoms with Crippen LogP contribution in [0.3, 0.4) is 0 Å². The van der Waals surface area contributed by atoms with E-state index in [1.54, 1.807) is 13.1 Å². The lowest BCUT2D eigenvalue weighted by molar-refractivity contribution is 0.562. The SMILES string of the molecule is [B]c1ncc(C)o1. The Morgan fingerprint density at radius 1 is 1.86 bits per heavy atom. The van der Waals surface area contributed by atoms with Crippen molar-refractivity contribution in [3.8, 4) is 0 Å². The number of aryl methyl sites for hydroxylation is 1. The van der Waals surface area contributed by atoms with Crippen molar-refractivity contribution in [2.75, 3.05) is 0 Å². The van der Waals surface area contributed by atoms with Crippen LogP contribution in [0.4, 0.5) is 0 Å². The van der Waals surface area contributed by atoms with E-state index >= 15 is 0 Å². The van der Waals surface area contributed by atoms with Gasteiger partial charge in [0.15, 0.2) is 7.85 Å². The van der Waals surface area contributed by atoms with E-state index in [0.29, 0.717) is 0 Å². The fraction of sp³-hybridized carbons (Fsp3) is 0.250. The van der Waals surface area contributed by atoms with Crippen molar-refractivity contribution in [2.24, 2.45) is 0 Å². The zero-order valence-corrected chi connectivity index (χ0v) is 4.01. The third-order valence-electron chi connectivity index (χ3n) is 0.639. The molecule has 2 radical (unpaired) electrons. The van der Waals surface area contributed by atoms with Gasteiger partial charge in [-0.1, -0.05) is 0 Å². The van der Waals surface area contributed by atoms with Gasteiger partial charge in [0.1, 0.15) is 11.6 Å². The van der Waals surface area contributed by atoms with Crippen LogP contribution in [-0.4, -0.2) is 12.8 Å². The summed E-state index contributed by atoms with van der Waals surface area (Å²) in [7, 11) is 5.10. The van der Waals surface area contributed by atoms with E-state index in [9.17, 15) is 0 Å². The Morgan fingerprint density at radius 3 is 2.71 bits per heavy atom. The summed E-state index contributed by atoms with van der Waals surface area (Å²) in [5.41, 5.74) is 0. The molecule has 1 heterocycles. The molecule has 0 atom stereocenters. The highest BCUT2D eigenvalue weighted by Gasteiger charge is 1.87. The van der Waals surface area contributed by atoms with Gasteiger partial charge in [-0.05, 0) is 6.92 Å². The molecule has 0 bridgehead atoms. The first-order chi connectivity index (χ1) is 3.29. The second-order valence-electron chi connectivity index (χ2n) is 1.31. The summed E-state index contributed by atoms with van der Waals surface area (Å²) < 4.78 is 4.75. The van der Waals surface area contributed by atoms with Crippen molar-refractivity contribution in [3.63, 3.8) is 0 Å². The van der Waals surface area contributed by atoms with Gasteiger partial charge in [-0.25, -0.2) is 4.98 Å². The highest BCUT2D eigenvalue weighted by atomic mass is 16.3. The van der Waals surface area contributed by atoms with E-state index < -0.39 is 0 Å². The van der Waals surface area contributed by atoms with Crippen molar-refractivity contribution in [1.29, 1.82) is 0 Å². The molecule has 0 aliphatic heterocycles. The standard InChI is InChI=1S/C4H4BNO/c1-3-2-6-4(5)7-3/h2H,1H3. The summed E-state index contributed by atoms with van der Waals surface area (Å²) in [4.78, 5) is 3.63. The number of hydrogen-bond acceptors (Lipinski definition) is 2. The minimum absolute atomic E-state index is 0.234. The summed E-state index contributed by atoms with van der Waals surface area (Å²) in [6, 6.07) is 0. The zero-order chi connectivity index (χ0) is 5.28. The minimum atomic E-state index is 0.234. The van der Waals surface area contributed by atoms with Gasteiger partial charge in [0.25, 0.3) is 0 Å². The summed E-state index contributed by atoms with van der Waals surface area (Å²) in [5.74, 6) is 0.981. The molecule has 1 aromatic rings. The van der Waals surface area contributed by atoms with E-state index in [0.717, 1.165) is 5.76 Å². The van der Waals surface area contributed by atoms with Crippen LogP contribution in [0, 0.1) is 6.92 Å². The Balaban J connectivity index is 3.04. The van der Waals surface area contributed by atoms with E-state index in [1.165, 1.54) is 0 Å². The summed E-state index contributed by atoms with van der Waals surface area (Å²) in [6.07, 6.45) is 1.58. The van der Waals surface area contributed by atoms with Gasteiger partial charge in [0.05, 0.1) is 6.20 Å². The predicted octanol–water partition coefficient (Wildman–Crippen LogP) is -0.223. The molecule has 0 aromatic carbocycles. The van der Waals surface area contributed by atoms with E-state index in [2.05, 4.69) is 4.98 Å². The van der Waals surface area contributed by atoms with Crippen LogP contribution in [0.1, 0.15) is 5.76 Å². The van der Waals surface area contributed by atoms with Gasteiger partial charge < -0.3 is 4.42 Å². The van der Waals surface area contributed by atoms with Gasteiger partial charge in [-0.3, -0.25) is 0 Å². The number of aromatic nitrogens is 1. The Morgan fingerprint density at radius 2 is 2.57 bits per heavy atom. The van der Waals surface area contributed by atoms with Crippen LogP contribution in [0.15, 0.2) is 10.6 Å². The Kier molecular flexibility index (Phi) is 0.892. The van der Waals surface area contributed by atoms with Crippen LogP contribution in [0.25, 0.3) is 0 Å². The molecule has 0 unspecified atom stereocenters. The van der Waals surface area contributed by atoms with Gasteiger partial charge >= 0.3 is 0 Å². The van der Waals surface area contributed by atoms with Crippen molar-refractivity contribution < 1.29 is 4.42 Å². The number of nitrogens with zero attached hydrogens (tertiary/aromatic N) is 1. The Hall–Kier alpha value is -0.725. The van der Waals surface area contributed by atoms with Crippen LogP contribution in [0.2, 0.25) is 0 Å². The maximum absolute atomic E-state index is 5.10. The number of oxazole rings is 1. The molecule has 1 aromatic heterocycles. The number of rotatable bonds is 0. The van der Waals surface area contributed by atoms with Crippen LogP contribution in [0.5, 0.6) is 0 Å². The maximum atomic E-state index is 5.10. The second-order valence-corrected chi connectivity index (χ2v) is 1.31. The normalized spacial score (nSPS) is 9.29. The third-order valence-corrected chi connectivity index (χ3v) is 0.639. The lowest BCUT2D eigenvalue weighted by atomic mass is 10.2. The van der Waals surface area contributed by atoms with Crippen molar-refractivity contribution >= 4 is 13.6 Å². The first-order valence-corrected chi connectivity index (χ1v) is 1.97. The highest BCUT2D eigenvalue weighted by Crippen LogP contribution is 1.86. The lowest BCUT2D eigenvalue weighted by Crippen LogP contribution is -1.99. The molecule has 0 amide bonds. The topological polar surface area (TPSA) is 26.0 Å². The van der Waals surface area contributed by atoms with E-state index in [4.69, 9.17) is 12.3 Å². The highest BCUT2D eigenvalue weighted by molar-refractivity contribution is 6.28. The quantitative estimate of drug-likeness (QED) is 0.414. The van der Waals surface area contributed by atoms with E-state index in [1.807, 2.05) is 0 Å². The Labute approximate surface area is 43.0 Å². The predicted molar refractivity (Wildman–Crippen MR) is 26.6 cm³/mol. The molecule has 34 valence electrons. The van der Waals surface area contributed by atoms with Gasteiger partial charge in [0, 0.05) is 0 Å². The molecule has 2 nitrogen and oxygen atoms in total. The summed E-state index contributed by atoms with van der Waals surface area (Å²) in [5, 5.41) is 0. The Bertz CT molecular complexity index is 144. The first kappa shape index (κ1) is 4.43. The second kappa shape index (κ2) is 1.41. The smallest absolute Gasteiger partial charge is 0.197 e. The summed E-state index contributed by atoms with van der Waals surface area (Å²) >= 11 is 0. The maximum Gasteiger partial charge on any atom is 0.197 e. The molecule has 1 rings (SSSR count). The van der Waals surface area contributed by atoms with Crippen LogP contribution in [-0.2, 0) is 0 Å². The lowest BCUT2D eigenvalue weighted by Gasteiger charge is -1.74. The minimum Gasteiger partial charge on any atom is -0.458 e. The van der Waals surface area contributed by atoms with Crippen molar-refractivity contribution in [1.82, 2.24) is 4.98 Å². The van der Waals surface area contributed by atoms with Gasteiger partial charge in [-0.15, -0.1) is 0 Å². The molecule has 0 aliphatic carbocycles. The fourth-order valence-electron chi connectivity index (χ4n) is 0.372. The molecule has 3 heteroatoms. The number of hydrogen-bond donors (Lipinski definition) is 0.